The number of anilines is 1. The molecule has 8 nitrogen and oxygen atoms in total. The second kappa shape index (κ2) is 7.13. The van der Waals surface area contributed by atoms with Gasteiger partial charge >= 0.3 is 11.8 Å². The molecule has 3 aliphatic rings. The van der Waals surface area contributed by atoms with E-state index >= 15 is 0 Å². The van der Waals surface area contributed by atoms with Crippen molar-refractivity contribution in [3.05, 3.63) is 18.2 Å². The summed E-state index contributed by atoms with van der Waals surface area (Å²) in [4.78, 5) is 24.1. The summed E-state index contributed by atoms with van der Waals surface area (Å²) in [7, 11) is 0. The van der Waals surface area contributed by atoms with Gasteiger partial charge in [-0.05, 0) is 25.0 Å². The Morgan fingerprint density at radius 3 is 2.65 bits per heavy atom. The number of hydrogen-bond donors (Lipinski definition) is 2. The summed E-state index contributed by atoms with van der Waals surface area (Å²) in [6.07, 6.45) is 3.75. The minimum absolute atomic E-state index is 0.223. The third-order valence-electron chi connectivity index (χ3n) is 4.78. The van der Waals surface area contributed by atoms with Gasteiger partial charge in [-0.15, -0.1) is 0 Å². The molecular weight excluding hydrogens is 340 g/mol. The van der Waals surface area contributed by atoms with Crippen LogP contribution in [0.2, 0.25) is 0 Å². The minimum Gasteiger partial charge on any atom is -0.486 e. The van der Waals surface area contributed by atoms with Gasteiger partial charge in [0.2, 0.25) is 0 Å². The van der Waals surface area contributed by atoms with Crippen LogP contribution < -0.4 is 20.1 Å². The van der Waals surface area contributed by atoms with Crippen LogP contribution in [-0.4, -0.2) is 50.1 Å². The number of carbonyl (C=O) groups is 2. The van der Waals surface area contributed by atoms with Gasteiger partial charge in [0.15, 0.2) is 17.3 Å². The highest BCUT2D eigenvalue weighted by molar-refractivity contribution is 6.39. The smallest absolute Gasteiger partial charge is 0.313 e. The van der Waals surface area contributed by atoms with Crippen LogP contribution in [0.4, 0.5) is 5.69 Å². The van der Waals surface area contributed by atoms with Gasteiger partial charge in [-0.3, -0.25) is 9.59 Å². The summed E-state index contributed by atoms with van der Waals surface area (Å²) < 4.78 is 22.6. The largest absolute Gasteiger partial charge is 0.486 e. The Balaban J connectivity index is 1.26. The predicted molar refractivity (Wildman–Crippen MR) is 91.1 cm³/mol. The highest BCUT2D eigenvalue weighted by Gasteiger charge is 2.43. The monoisotopic (exact) mass is 362 g/mol. The Morgan fingerprint density at radius 1 is 1.08 bits per heavy atom. The van der Waals surface area contributed by atoms with Crippen LogP contribution in [0.3, 0.4) is 0 Å². The summed E-state index contributed by atoms with van der Waals surface area (Å²) in [5.74, 6) is -0.749. The third kappa shape index (κ3) is 3.61. The second-order valence-electron chi connectivity index (χ2n) is 6.69. The number of fused-ring (bicyclic) bond motifs is 1. The van der Waals surface area contributed by atoms with Gasteiger partial charge in [-0.2, -0.15) is 0 Å². The first-order valence-electron chi connectivity index (χ1n) is 8.94. The van der Waals surface area contributed by atoms with E-state index < -0.39 is 17.6 Å². The highest BCUT2D eigenvalue weighted by Crippen LogP contribution is 2.39. The fourth-order valence-corrected chi connectivity index (χ4v) is 3.49. The molecule has 0 radical (unpaired) electrons. The minimum atomic E-state index is -0.740. The summed E-state index contributed by atoms with van der Waals surface area (Å²) in [6, 6.07) is 5.00. The van der Waals surface area contributed by atoms with Crippen LogP contribution in [0.1, 0.15) is 25.7 Å². The summed E-state index contributed by atoms with van der Waals surface area (Å²) in [6.45, 7) is 1.63. The van der Waals surface area contributed by atoms with E-state index in [4.69, 9.17) is 18.9 Å². The normalized spacial score (nSPS) is 23.0. The number of ether oxygens (including phenoxy) is 4. The summed E-state index contributed by atoms with van der Waals surface area (Å²) >= 11 is 0. The second-order valence-corrected chi connectivity index (χ2v) is 6.69. The number of carbonyl (C=O) groups excluding carboxylic acids is 2. The van der Waals surface area contributed by atoms with Gasteiger partial charge in [-0.25, -0.2) is 0 Å². The molecule has 1 saturated heterocycles. The molecule has 2 aliphatic heterocycles. The molecule has 0 unspecified atom stereocenters. The summed E-state index contributed by atoms with van der Waals surface area (Å²) in [5.41, 5.74) is 0.472. The molecule has 4 rings (SSSR count). The highest BCUT2D eigenvalue weighted by atomic mass is 16.7. The first-order chi connectivity index (χ1) is 12.6. The molecule has 1 atom stereocenters. The third-order valence-corrected chi connectivity index (χ3v) is 4.78. The lowest BCUT2D eigenvalue weighted by Gasteiger charge is -2.21. The maximum atomic E-state index is 12.1. The van der Waals surface area contributed by atoms with Gasteiger partial charge < -0.3 is 29.6 Å². The van der Waals surface area contributed by atoms with E-state index in [1.165, 1.54) is 0 Å². The Kier molecular flexibility index (Phi) is 4.69. The van der Waals surface area contributed by atoms with Crippen LogP contribution in [0.15, 0.2) is 18.2 Å². The lowest BCUT2D eigenvalue weighted by molar-refractivity contribution is -0.161. The SMILES string of the molecule is O=C(NC[C@H]1COC2(CCCC2)O1)C(=O)Nc1ccc2c(c1)OCCO2. The quantitative estimate of drug-likeness (QED) is 0.785. The lowest BCUT2D eigenvalue weighted by atomic mass is 10.2. The fraction of sp³-hybridized carbons (Fsp3) is 0.556. The summed E-state index contributed by atoms with van der Waals surface area (Å²) in [5, 5.41) is 5.16. The molecule has 1 aromatic rings. The van der Waals surface area contributed by atoms with Crippen LogP contribution >= 0.6 is 0 Å². The van der Waals surface area contributed by atoms with Crippen molar-refractivity contribution in [1.82, 2.24) is 5.32 Å². The molecule has 2 fully saturated rings. The van der Waals surface area contributed by atoms with E-state index in [-0.39, 0.29) is 12.6 Å². The van der Waals surface area contributed by atoms with Crippen molar-refractivity contribution in [2.45, 2.75) is 37.6 Å². The van der Waals surface area contributed by atoms with E-state index in [1.807, 2.05) is 0 Å². The number of rotatable bonds is 3. The topological polar surface area (TPSA) is 95.1 Å². The molecule has 1 saturated carbocycles. The maximum absolute atomic E-state index is 12.1. The average Bonchev–Trinajstić information content (AvgIpc) is 3.29. The van der Waals surface area contributed by atoms with Crippen molar-refractivity contribution >= 4 is 17.5 Å². The molecule has 1 aliphatic carbocycles. The predicted octanol–water partition coefficient (Wildman–Crippen LogP) is 1.20. The first-order valence-corrected chi connectivity index (χ1v) is 8.94. The van der Waals surface area contributed by atoms with Crippen molar-refractivity contribution < 1.29 is 28.5 Å². The number of benzene rings is 1. The molecule has 1 aromatic carbocycles. The van der Waals surface area contributed by atoms with Crippen molar-refractivity contribution in [3.63, 3.8) is 0 Å². The van der Waals surface area contributed by atoms with Crippen LogP contribution in [-0.2, 0) is 19.1 Å². The molecule has 8 heteroatoms. The molecule has 1 spiro atoms. The standard InChI is InChI=1S/C18H22N2O6/c21-16(19-10-13-11-25-18(26-13)5-1-2-6-18)17(22)20-12-3-4-14-15(9-12)24-8-7-23-14/h3-4,9,13H,1-2,5-8,10-11H2,(H,19,21)(H,20,22)/t13-/m0/s1. The van der Waals surface area contributed by atoms with Crippen LogP contribution in [0.25, 0.3) is 0 Å². The Bertz CT molecular complexity index is 701. The van der Waals surface area contributed by atoms with E-state index in [1.54, 1.807) is 18.2 Å². The van der Waals surface area contributed by atoms with Crippen molar-refractivity contribution in [2.75, 3.05) is 31.7 Å². The number of hydrogen-bond acceptors (Lipinski definition) is 6. The van der Waals surface area contributed by atoms with E-state index in [2.05, 4.69) is 10.6 Å². The molecular formula is C18H22N2O6. The zero-order valence-electron chi connectivity index (χ0n) is 14.4. The van der Waals surface area contributed by atoms with E-state index in [9.17, 15) is 9.59 Å². The van der Waals surface area contributed by atoms with Crippen molar-refractivity contribution in [1.29, 1.82) is 0 Å². The molecule has 26 heavy (non-hydrogen) atoms. The van der Waals surface area contributed by atoms with Gasteiger partial charge in [-0.1, -0.05) is 0 Å². The van der Waals surface area contributed by atoms with Gasteiger partial charge in [0.25, 0.3) is 0 Å². The van der Waals surface area contributed by atoms with Gasteiger partial charge in [0.05, 0.1) is 6.61 Å². The van der Waals surface area contributed by atoms with Crippen molar-refractivity contribution in [2.24, 2.45) is 0 Å². The van der Waals surface area contributed by atoms with Crippen LogP contribution in [0.5, 0.6) is 11.5 Å². The Morgan fingerprint density at radius 2 is 1.85 bits per heavy atom. The maximum Gasteiger partial charge on any atom is 0.313 e. The van der Waals surface area contributed by atoms with E-state index in [0.29, 0.717) is 37.0 Å². The van der Waals surface area contributed by atoms with Crippen molar-refractivity contribution in [3.8, 4) is 11.5 Å². The molecule has 2 heterocycles. The van der Waals surface area contributed by atoms with E-state index in [0.717, 1.165) is 25.7 Å². The molecule has 0 bridgehead atoms. The Labute approximate surface area is 151 Å². The zero-order valence-corrected chi connectivity index (χ0v) is 14.4. The molecule has 0 aromatic heterocycles. The first kappa shape index (κ1) is 17.1. The van der Waals surface area contributed by atoms with Gasteiger partial charge in [0.1, 0.15) is 19.3 Å². The molecule has 140 valence electrons. The number of nitrogens with one attached hydrogen (secondary N) is 2. The number of amides is 2. The average molecular weight is 362 g/mol. The van der Waals surface area contributed by atoms with Crippen LogP contribution in [0, 0.1) is 0 Å². The molecule has 2 amide bonds. The molecule has 2 N–H and O–H groups in total. The fourth-order valence-electron chi connectivity index (χ4n) is 3.49. The lowest BCUT2D eigenvalue weighted by Crippen LogP contribution is -2.40. The Hall–Kier alpha value is -2.32. The zero-order chi connectivity index (χ0) is 18.0. The van der Waals surface area contributed by atoms with Gasteiger partial charge in [0, 0.05) is 31.1 Å².